The van der Waals surface area contributed by atoms with E-state index in [2.05, 4.69) is 16.8 Å². The van der Waals surface area contributed by atoms with Gasteiger partial charge in [-0.3, -0.25) is 0 Å². The summed E-state index contributed by atoms with van der Waals surface area (Å²) >= 11 is 0. The van der Waals surface area contributed by atoms with E-state index >= 15 is 0 Å². The van der Waals surface area contributed by atoms with Gasteiger partial charge in [-0.1, -0.05) is 0 Å². The van der Waals surface area contributed by atoms with E-state index in [0.717, 1.165) is 49.9 Å². The van der Waals surface area contributed by atoms with Crippen LogP contribution in [0.15, 0.2) is 12.1 Å². The second-order valence-electron chi connectivity index (χ2n) is 7.43. The Labute approximate surface area is 153 Å². The summed E-state index contributed by atoms with van der Waals surface area (Å²) in [7, 11) is 3.22. The molecule has 0 radical (unpaired) electrons. The Hall–Kier alpha value is -2.28. The van der Waals surface area contributed by atoms with E-state index in [-0.39, 0.29) is 0 Å². The van der Waals surface area contributed by atoms with Crippen molar-refractivity contribution in [3.63, 3.8) is 0 Å². The van der Waals surface area contributed by atoms with Crippen LogP contribution < -0.4 is 20.1 Å². The molecule has 140 valence electrons. The Kier molecular flexibility index (Phi) is 4.26. The van der Waals surface area contributed by atoms with Crippen molar-refractivity contribution in [2.45, 2.75) is 32.2 Å². The molecule has 7 nitrogen and oxygen atoms in total. The Morgan fingerprint density at radius 2 is 1.85 bits per heavy atom. The predicted molar refractivity (Wildman–Crippen MR) is 101 cm³/mol. The van der Waals surface area contributed by atoms with Crippen molar-refractivity contribution in [1.82, 2.24) is 9.97 Å². The second-order valence-corrected chi connectivity index (χ2v) is 7.43. The van der Waals surface area contributed by atoms with E-state index in [1.807, 2.05) is 12.1 Å². The number of ether oxygens (including phenoxy) is 3. The van der Waals surface area contributed by atoms with E-state index in [1.54, 1.807) is 14.2 Å². The van der Waals surface area contributed by atoms with E-state index in [0.29, 0.717) is 34.7 Å². The molecule has 4 rings (SSSR count). The van der Waals surface area contributed by atoms with Gasteiger partial charge in [0.2, 0.25) is 5.95 Å². The van der Waals surface area contributed by atoms with Crippen LogP contribution in [0.5, 0.6) is 11.5 Å². The molecule has 0 amide bonds. The lowest BCUT2D eigenvalue weighted by molar-refractivity contribution is 0.0242. The van der Waals surface area contributed by atoms with Crippen LogP contribution in [0.25, 0.3) is 10.9 Å². The third-order valence-corrected chi connectivity index (χ3v) is 5.80. The van der Waals surface area contributed by atoms with Crippen LogP contribution in [0.2, 0.25) is 0 Å². The maximum Gasteiger partial charge on any atom is 0.228 e. The van der Waals surface area contributed by atoms with Gasteiger partial charge < -0.3 is 24.8 Å². The zero-order valence-corrected chi connectivity index (χ0v) is 15.6. The molecule has 2 aliphatic heterocycles. The predicted octanol–water partition coefficient (Wildman–Crippen LogP) is 2.62. The smallest absolute Gasteiger partial charge is 0.228 e. The Morgan fingerprint density at radius 3 is 2.54 bits per heavy atom. The molecule has 1 aromatic heterocycles. The molecule has 2 N–H and O–H groups in total. The van der Waals surface area contributed by atoms with Gasteiger partial charge in [-0.25, -0.2) is 4.98 Å². The largest absolute Gasteiger partial charge is 0.493 e. The third-order valence-electron chi connectivity index (χ3n) is 5.80. The molecule has 2 aromatic rings. The van der Waals surface area contributed by atoms with Crippen molar-refractivity contribution in [1.29, 1.82) is 0 Å². The standard InChI is InChI=1S/C19H26N4O3/c1-12-10-19(4-6-26-7-5-19)11-23(12)18-21-14-9-16(25-3)15(24-2)8-13(14)17(20)22-18/h8-9,12H,4-7,10-11H2,1-3H3,(H2,20,21,22). The molecule has 2 saturated heterocycles. The highest BCUT2D eigenvalue weighted by molar-refractivity contribution is 5.91. The molecule has 7 heteroatoms. The molecule has 0 aliphatic carbocycles. The zero-order chi connectivity index (χ0) is 18.3. The lowest BCUT2D eigenvalue weighted by atomic mass is 9.78. The highest BCUT2D eigenvalue weighted by Crippen LogP contribution is 2.44. The number of nitrogens with zero attached hydrogens (tertiary/aromatic N) is 3. The van der Waals surface area contributed by atoms with Gasteiger partial charge in [0.05, 0.1) is 19.7 Å². The van der Waals surface area contributed by atoms with Crippen LogP contribution in [0.4, 0.5) is 11.8 Å². The number of hydrogen-bond donors (Lipinski definition) is 1. The number of aromatic nitrogens is 2. The first-order valence-corrected chi connectivity index (χ1v) is 9.09. The van der Waals surface area contributed by atoms with Crippen LogP contribution >= 0.6 is 0 Å². The Morgan fingerprint density at radius 1 is 1.15 bits per heavy atom. The van der Waals surface area contributed by atoms with Crippen LogP contribution in [-0.4, -0.2) is 50.0 Å². The molecular formula is C19H26N4O3. The third kappa shape index (κ3) is 2.80. The van der Waals surface area contributed by atoms with Crippen molar-refractivity contribution in [3.8, 4) is 11.5 Å². The van der Waals surface area contributed by atoms with E-state index in [9.17, 15) is 0 Å². The Balaban J connectivity index is 1.72. The van der Waals surface area contributed by atoms with Gasteiger partial charge in [0, 0.05) is 37.3 Å². The molecule has 26 heavy (non-hydrogen) atoms. The number of benzene rings is 1. The minimum atomic E-state index is 0.308. The van der Waals surface area contributed by atoms with Gasteiger partial charge in [0.25, 0.3) is 0 Å². The summed E-state index contributed by atoms with van der Waals surface area (Å²) in [4.78, 5) is 11.7. The van der Waals surface area contributed by atoms with Crippen LogP contribution in [0.3, 0.4) is 0 Å². The fourth-order valence-corrected chi connectivity index (χ4v) is 4.35. The zero-order valence-electron chi connectivity index (χ0n) is 15.6. The summed E-state index contributed by atoms with van der Waals surface area (Å²) < 4.78 is 16.3. The van der Waals surface area contributed by atoms with Gasteiger partial charge in [-0.05, 0) is 37.7 Å². The second kappa shape index (κ2) is 6.46. The molecule has 2 fully saturated rings. The molecular weight excluding hydrogens is 332 g/mol. The van der Waals surface area contributed by atoms with E-state index in [4.69, 9.17) is 24.9 Å². The van der Waals surface area contributed by atoms with Crippen molar-refractivity contribution in [3.05, 3.63) is 12.1 Å². The first kappa shape index (κ1) is 17.1. The minimum absolute atomic E-state index is 0.308. The molecule has 3 heterocycles. The average Bonchev–Trinajstić information content (AvgIpc) is 2.96. The van der Waals surface area contributed by atoms with Crippen LogP contribution in [-0.2, 0) is 4.74 Å². The van der Waals surface area contributed by atoms with Gasteiger partial charge in [-0.2, -0.15) is 4.98 Å². The maximum absolute atomic E-state index is 6.26. The van der Waals surface area contributed by atoms with E-state index in [1.165, 1.54) is 0 Å². The SMILES string of the molecule is COc1cc2nc(N3CC4(CCOCC4)CC3C)nc(N)c2cc1OC. The molecule has 2 aliphatic rings. The molecule has 1 unspecified atom stereocenters. The first-order chi connectivity index (χ1) is 12.5. The fourth-order valence-electron chi connectivity index (χ4n) is 4.35. The number of nitrogen functional groups attached to an aromatic ring is 1. The van der Waals surface area contributed by atoms with Crippen molar-refractivity contribution >= 4 is 22.7 Å². The lowest BCUT2D eigenvalue weighted by Crippen LogP contribution is -2.34. The number of nitrogens with two attached hydrogens (primary N) is 1. The quantitative estimate of drug-likeness (QED) is 0.903. The van der Waals surface area contributed by atoms with Crippen molar-refractivity contribution in [2.75, 3.05) is 44.6 Å². The van der Waals surface area contributed by atoms with Crippen LogP contribution in [0.1, 0.15) is 26.2 Å². The molecule has 1 aromatic carbocycles. The summed E-state index contributed by atoms with van der Waals surface area (Å²) in [6.07, 6.45) is 3.34. The monoisotopic (exact) mass is 358 g/mol. The van der Waals surface area contributed by atoms with Gasteiger partial charge in [0.15, 0.2) is 11.5 Å². The van der Waals surface area contributed by atoms with Crippen LogP contribution in [0, 0.1) is 5.41 Å². The van der Waals surface area contributed by atoms with E-state index < -0.39 is 0 Å². The number of fused-ring (bicyclic) bond motifs is 1. The summed E-state index contributed by atoms with van der Waals surface area (Å²) in [5.41, 5.74) is 7.34. The number of methoxy groups -OCH3 is 2. The highest BCUT2D eigenvalue weighted by Gasteiger charge is 2.44. The summed E-state index contributed by atoms with van der Waals surface area (Å²) in [6, 6.07) is 4.08. The minimum Gasteiger partial charge on any atom is -0.493 e. The summed E-state index contributed by atoms with van der Waals surface area (Å²) in [6.45, 7) is 4.88. The first-order valence-electron chi connectivity index (χ1n) is 9.09. The molecule has 1 atom stereocenters. The number of rotatable bonds is 3. The molecule has 0 bridgehead atoms. The summed E-state index contributed by atoms with van der Waals surface area (Å²) in [5.74, 6) is 2.42. The lowest BCUT2D eigenvalue weighted by Gasteiger charge is -2.33. The van der Waals surface area contributed by atoms with Gasteiger partial charge >= 0.3 is 0 Å². The van der Waals surface area contributed by atoms with Gasteiger partial charge in [0.1, 0.15) is 5.82 Å². The Bertz CT molecular complexity index is 820. The molecule has 0 saturated carbocycles. The highest BCUT2D eigenvalue weighted by atomic mass is 16.5. The maximum atomic E-state index is 6.26. The topological polar surface area (TPSA) is 82.7 Å². The van der Waals surface area contributed by atoms with Gasteiger partial charge in [-0.15, -0.1) is 0 Å². The molecule has 1 spiro atoms. The number of hydrogen-bond acceptors (Lipinski definition) is 7. The van der Waals surface area contributed by atoms with Crippen molar-refractivity contribution in [2.24, 2.45) is 5.41 Å². The average molecular weight is 358 g/mol. The summed E-state index contributed by atoms with van der Waals surface area (Å²) in [5, 5.41) is 0.777. The number of anilines is 2. The normalized spacial score (nSPS) is 22.1. The fraction of sp³-hybridized carbons (Fsp3) is 0.579. The van der Waals surface area contributed by atoms with Crippen molar-refractivity contribution < 1.29 is 14.2 Å².